The first kappa shape index (κ1) is 16.5. The summed E-state index contributed by atoms with van der Waals surface area (Å²) in [7, 11) is 4.03. The maximum absolute atomic E-state index is 9.30. The number of hydrogen-bond acceptors (Lipinski definition) is 4. The van der Waals surface area contributed by atoms with Gasteiger partial charge < -0.3 is 9.80 Å². The van der Waals surface area contributed by atoms with E-state index in [2.05, 4.69) is 35.0 Å². The molecule has 1 unspecified atom stereocenters. The van der Waals surface area contributed by atoms with E-state index in [-0.39, 0.29) is 6.04 Å². The minimum atomic E-state index is -0.234. The number of benzene rings is 1. The molecule has 0 aliphatic carbocycles. The van der Waals surface area contributed by atoms with E-state index in [4.69, 9.17) is 0 Å². The molecular weight excluding hydrogens is 248 g/mol. The minimum Gasteiger partial charge on any atom is -0.378 e. The molecule has 0 aromatic heterocycles. The summed E-state index contributed by atoms with van der Waals surface area (Å²) in [5, 5.41) is 12.6. The molecule has 0 saturated heterocycles. The Morgan fingerprint density at radius 1 is 1.15 bits per heavy atom. The Bertz CT molecular complexity index is 415. The first-order chi connectivity index (χ1) is 9.62. The van der Waals surface area contributed by atoms with Gasteiger partial charge in [-0.25, -0.2) is 0 Å². The van der Waals surface area contributed by atoms with Gasteiger partial charge in [-0.3, -0.25) is 5.32 Å². The molecule has 0 spiro atoms. The Labute approximate surface area is 123 Å². The summed E-state index contributed by atoms with van der Waals surface area (Å²) in [6.07, 6.45) is 0. The molecule has 0 aliphatic rings. The number of likely N-dealkylation sites (N-methyl/N-ethyl adjacent to an activating group) is 1. The molecule has 0 radical (unpaired) electrons. The smallest absolute Gasteiger partial charge is 0.121 e. The van der Waals surface area contributed by atoms with Crippen LogP contribution in [0, 0.1) is 11.3 Å². The number of nitrogens with zero attached hydrogens (tertiary/aromatic N) is 3. The van der Waals surface area contributed by atoms with Gasteiger partial charge in [0.2, 0.25) is 0 Å². The van der Waals surface area contributed by atoms with Crippen molar-refractivity contribution in [3.05, 3.63) is 29.8 Å². The molecule has 1 atom stereocenters. The molecule has 0 fully saturated rings. The first-order valence-electron chi connectivity index (χ1n) is 7.25. The molecule has 0 bridgehead atoms. The van der Waals surface area contributed by atoms with E-state index >= 15 is 0 Å². The largest absolute Gasteiger partial charge is 0.378 e. The SMILES string of the molecule is CCN(CC)CCNC(C#N)c1ccc(N(C)C)cc1. The molecule has 4 heteroatoms. The maximum Gasteiger partial charge on any atom is 0.121 e. The zero-order valence-corrected chi connectivity index (χ0v) is 13.1. The molecule has 0 aliphatic heterocycles. The second kappa shape index (κ2) is 8.57. The molecule has 0 saturated carbocycles. The van der Waals surface area contributed by atoms with E-state index in [1.54, 1.807) is 0 Å². The Morgan fingerprint density at radius 3 is 2.20 bits per heavy atom. The van der Waals surface area contributed by atoms with Crippen molar-refractivity contribution in [2.45, 2.75) is 19.9 Å². The first-order valence-corrected chi connectivity index (χ1v) is 7.25. The molecule has 1 aromatic rings. The zero-order chi connectivity index (χ0) is 15.0. The molecule has 20 heavy (non-hydrogen) atoms. The van der Waals surface area contributed by atoms with Crippen LogP contribution < -0.4 is 10.2 Å². The van der Waals surface area contributed by atoms with Crippen LogP contribution in [0.1, 0.15) is 25.5 Å². The van der Waals surface area contributed by atoms with Gasteiger partial charge in [-0.15, -0.1) is 0 Å². The second-order valence-corrected chi connectivity index (χ2v) is 5.03. The number of nitriles is 1. The van der Waals surface area contributed by atoms with Crippen LogP contribution in [0.2, 0.25) is 0 Å². The lowest BCUT2D eigenvalue weighted by Crippen LogP contribution is -2.33. The van der Waals surface area contributed by atoms with Crippen molar-refractivity contribution < 1.29 is 0 Å². The van der Waals surface area contributed by atoms with Crippen molar-refractivity contribution in [3.63, 3.8) is 0 Å². The molecular formula is C16H26N4. The molecule has 1 rings (SSSR count). The fraction of sp³-hybridized carbons (Fsp3) is 0.562. The van der Waals surface area contributed by atoms with Crippen LogP contribution in [0.15, 0.2) is 24.3 Å². The van der Waals surface area contributed by atoms with Crippen LogP contribution >= 0.6 is 0 Å². The second-order valence-electron chi connectivity index (χ2n) is 5.03. The third-order valence-electron chi connectivity index (χ3n) is 3.54. The van der Waals surface area contributed by atoms with Crippen molar-refractivity contribution >= 4 is 5.69 Å². The maximum atomic E-state index is 9.30. The summed E-state index contributed by atoms with van der Waals surface area (Å²) >= 11 is 0. The summed E-state index contributed by atoms with van der Waals surface area (Å²) in [6, 6.07) is 10.2. The number of nitrogens with one attached hydrogen (secondary N) is 1. The average molecular weight is 274 g/mol. The zero-order valence-electron chi connectivity index (χ0n) is 13.1. The highest BCUT2D eigenvalue weighted by Gasteiger charge is 2.10. The summed E-state index contributed by atoms with van der Waals surface area (Å²) in [5.74, 6) is 0. The normalized spacial score (nSPS) is 12.2. The lowest BCUT2D eigenvalue weighted by atomic mass is 10.1. The fourth-order valence-electron chi connectivity index (χ4n) is 2.11. The highest BCUT2D eigenvalue weighted by molar-refractivity contribution is 5.47. The van der Waals surface area contributed by atoms with Crippen LogP contribution in [0.4, 0.5) is 5.69 Å². The number of hydrogen-bond donors (Lipinski definition) is 1. The highest BCUT2D eigenvalue weighted by atomic mass is 15.1. The van der Waals surface area contributed by atoms with Gasteiger partial charge in [0.25, 0.3) is 0 Å². The topological polar surface area (TPSA) is 42.3 Å². The van der Waals surface area contributed by atoms with Crippen molar-refractivity contribution in [1.29, 1.82) is 5.26 Å². The van der Waals surface area contributed by atoms with Crippen LogP contribution in [0.3, 0.4) is 0 Å². The van der Waals surface area contributed by atoms with Gasteiger partial charge in [0.1, 0.15) is 6.04 Å². The summed E-state index contributed by atoms with van der Waals surface area (Å²) in [4.78, 5) is 4.40. The minimum absolute atomic E-state index is 0.234. The standard InChI is InChI=1S/C16H26N4/c1-5-20(6-2)12-11-18-16(13-17)14-7-9-15(10-8-14)19(3)4/h7-10,16,18H,5-6,11-12H2,1-4H3. The van der Waals surface area contributed by atoms with E-state index in [9.17, 15) is 5.26 Å². The van der Waals surface area contributed by atoms with Gasteiger partial charge in [0.05, 0.1) is 6.07 Å². The molecule has 110 valence electrons. The fourth-order valence-corrected chi connectivity index (χ4v) is 2.11. The Kier molecular flexibility index (Phi) is 7.06. The lowest BCUT2D eigenvalue weighted by Gasteiger charge is -2.20. The Balaban J connectivity index is 2.56. The third-order valence-corrected chi connectivity index (χ3v) is 3.54. The van der Waals surface area contributed by atoms with E-state index in [1.807, 2.05) is 38.4 Å². The van der Waals surface area contributed by atoms with Crippen LogP contribution in [-0.2, 0) is 0 Å². The van der Waals surface area contributed by atoms with Gasteiger partial charge in [-0.2, -0.15) is 5.26 Å². The molecule has 0 heterocycles. The molecule has 4 nitrogen and oxygen atoms in total. The van der Waals surface area contributed by atoms with Crippen LogP contribution in [0.5, 0.6) is 0 Å². The van der Waals surface area contributed by atoms with Crippen molar-refractivity contribution in [2.75, 3.05) is 45.2 Å². The predicted octanol–water partition coefficient (Wildman–Crippen LogP) is 2.25. The molecule has 1 aromatic carbocycles. The highest BCUT2D eigenvalue weighted by Crippen LogP contribution is 2.17. The van der Waals surface area contributed by atoms with E-state index in [0.717, 1.165) is 37.4 Å². The number of rotatable bonds is 8. The van der Waals surface area contributed by atoms with Gasteiger partial charge in [0.15, 0.2) is 0 Å². The van der Waals surface area contributed by atoms with Gasteiger partial charge in [-0.05, 0) is 30.8 Å². The van der Waals surface area contributed by atoms with E-state index in [0.29, 0.717) is 0 Å². The quantitative estimate of drug-likeness (QED) is 0.789. The molecule has 1 N–H and O–H groups in total. The van der Waals surface area contributed by atoms with Gasteiger partial charge in [-0.1, -0.05) is 26.0 Å². The Morgan fingerprint density at radius 2 is 1.75 bits per heavy atom. The summed E-state index contributed by atoms with van der Waals surface area (Å²) < 4.78 is 0. The van der Waals surface area contributed by atoms with Gasteiger partial charge >= 0.3 is 0 Å². The van der Waals surface area contributed by atoms with Crippen molar-refractivity contribution in [2.24, 2.45) is 0 Å². The average Bonchev–Trinajstić information content (AvgIpc) is 2.48. The van der Waals surface area contributed by atoms with E-state index in [1.165, 1.54) is 0 Å². The van der Waals surface area contributed by atoms with Crippen molar-refractivity contribution in [3.8, 4) is 6.07 Å². The van der Waals surface area contributed by atoms with E-state index < -0.39 is 0 Å². The Hall–Kier alpha value is -1.57. The molecule has 0 amide bonds. The monoisotopic (exact) mass is 274 g/mol. The lowest BCUT2D eigenvalue weighted by molar-refractivity contribution is 0.300. The van der Waals surface area contributed by atoms with Crippen molar-refractivity contribution in [1.82, 2.24) is 10.2 Å². The van der Waals surface area contributed by atoms with Gasteiger partial charge in [0, 0.05) is 32.9 Å². The summed E-state index contributed by atoms with van der Waals surface area (Å²) in [5.41, 5.74) is 2.17. The van der Waals surface area contributed by atoms with Crippen LogP contribution in [0.25, 0.3) is 0 Å². The number of anilines is 1. The predicted molar refractivity (Wildman–Crippen MR) is 84.9 cm³/mol. The third kappa shape index (κ3) is 4.84. The summed E-state index contributed by atoms with van der Waals surface area (Å²) in [6.45, 7) is 8.21. The van der Waals surface area contributed by atoms with Crippen LogP contribution in [-0.4, -0.2) is 45.2 Å².